The number of carbonyl (C=O) groups excluding carboxylic acids is 2. The summed E-state index contributed by atoms with van der Waals surface area (Å²) in [5.41, 5.74) is 2.48. The summed E-state index contributed by atoms with van der Waals surface area (Å²) >= 11 is 0. The van der Waals surface area contributed by atoms with Crippen LogP contribution in [-0.2, 0) is 9.59 Å². The third kappa shape index (κ3) is 3.96. The van der Waals surface area contributed by atoms with E-state index in [1.54, 1.807) is 25.2 Å². The fourth-order valence-electron chi connectivity index (χ4n) is 3.03. The second-order valence-corrected chi connectivity index (χ2v) is 6.11. The van der Waals surface area contributed by atoms with Gasteiger partial charge >= 0.3 is 0 Å². The molecule has 1 heterocycles. The second kappa shape index (κ2) is 7.91. The predicted octanol–water partition coefficient (Wildman–Crippen LogP) is 2.93. The van der Waals surface area contributed by atoms with Gasteiger partial charge < -0.3 is 19.7 Å². The topological polar surface area (TPSA) is 67.9 Å². The maximum absolute atomic E-state index is 12.2. The first-order chi connectivity index (χ1) is 12.6. The van der Waals surface area contributed by atoms with E-state index in [2.05, 4.69) is 5.32 Å². The first-order valence-electron chi connectivity index (χ1n) is 8.51. The number of methoxy groups -OCH3 is 2. The first kappa shape index (κ1) is 17.8. The third-order valence-corrected chi connectivity index (χ3v) is 4.39. The molecule has 136 valence electrons. The quantitative estimate of drug-likeness (QED) is 0.866. The van der Waals surface area contributed by atoms with Crippen molar-refractivity contribution in [1.82, 2.24) is 4.90 Å². The molecule has 6 nitrogen and oxygen atoms in total. The summed E-state index contributed by atoms with van der Waals surface area (Å²) in [6.45, 7) is 0.731. The van der Waals surface area contributed by atoms with Crippen LogP contribution in [0.1, 0.15) is 12.8 Å². The van der Waals surface area contributed by atoms with E-state index in [0.29, 0.717) is 24.4 Å². The van der Waals surface area contributed by atoms with Crippen molar-refractivity contribution in [2.45, 2.75) is 12.8 Å². The van der Waals surface area contributed by atoms with Crippen molar-refractivity contribution in [1.29, 1.82) is 0 Å². The largest absolute Gasteiger partial charge is 0.497 e. The summed E-state index contributed by atoms with van der Waals surface area (Å²) < 4.78 is 10.6. The molecule has 0 aromatic heterocycles. The Morgan fingerprint density at radius 3 is 2.50 bits per heavy atom. The molecule has 0 spiro atoms. The Morgan fingerprint density at radius 1 is 1.12 bits per heavy atom. The molecule has 0 radical (unpaired) electrons. The van der Waals surface area contributed by atoms with Gasteiger partial charge in [-0.15, -0.1) is 0 Å². The number of nitrogens with zero attached hydrogens (tertiary/aromatic N) is 1. The van der Waals surface area contributed by atoms with Crippen LogP contribution in [0.2, 0.25) is 0 Å². The van der Waals surface area contributed by atoms with Crippen molar-refractivity contribution in [3.05, 3.63) is 42.5 Å². The van der Waals surface area contributed by atoms with E-state index in [4.69, 9.17) is 9.47 Å². The molecular formula is C20H22N2O4. The molecule has 0 saturated carbocycles. The van der Waals surface area contributed by atoms with Crippen LogP contribution >= 0.6 is 0 Å². The number of likely N-dealkylation sites (tertiary alicyclic amines) is 1. The molecule has 1 aliphatic rings. The number of ether oxygens (including phenoxy) is 2. The first-order valence-corrected chi connectivity index (χ1v) is 8.51. The van der Waals surface area contributed by atoms with Crippen molar-refractivity contribution in [2.24, 2.45) is 0 Å². The van der Waals surface area contributed by atoms with E-state index in [9.17, 15) is 9.59 Å². The molecule has 2 amide bonds. The number of amides is 2. The Bertz CT molecular complexity index is 802. The van der Waals surface area contributed by atoms with Gasteiger partial charge in [0.15, 0.2) is 0 Å². The van der Waals surface area contributed by atoms with Gasteiger partial charge in [0.1, 0.15) is 11.5 Å². The monoisotopic (exact) mass is 354 g/mol. The molecule has 1 fully saturated rings. The standard InChI is InChI=1S/C20H22N2O4/c1-25-16-8-5-14(6-9-16)17-12-15(7-10-18(17)26-2)21-19(23)13-22-11-3-4-20(22)24/h5-10,12H,3-4,11,13H2,1-2H3,(H,21,23). The maximum Gasteiger partial charge on any atom is 0.243 e. The Hall–Kier alpha value is -3.02. The summed E-state index contributed by atoms with van der Waals surface area (Å²) in [5.74, 6) is 1.32. The number of anilines is 1. The lowest BCUT2D eigenvalue weighted by Gasteiger charge is -2.16. The highest BCUT2D eigenvalue weighted by Gasteiger charge is 2.22. The van der Waals surface area contributed by atoms with Crippen LogP contribution < -0.4 is 14.8 Å². The van der Waals surface area contributed by atoms with E-state index < -0.39 is 0 Å². The normalized spacial score (nSPS) is 13.6. The van der Waals surface area contributed by atoms with E-state index in [0.717, 1.165) is 23.3 Å². The van der Waals surface area contributed by atoms with Gasteiger partial charge in [0.05, 0.1) is 20.8 Å². The highest BCUT2D eigenvalue weighted by molar-refractivity contribution is 5.95. The zero-order valence-electron chi connectivity index (χ0n) is 15.0. The molecule has 0 aliphatic carbocycles. The number of carbonyl (C=O) groups is 2. The summed E-state index contributed by atoms with van der Waals surface area (Å²) in [4.78, 5) is 25.5. The highest BCUT2D eigenvalue weighted by Crippen LogP contribution is 2.33. The van der Waals surface area contributed by atoms with Gasteiger partial charge in [0, 0.05) is 24.2 Å². The van der Waals surface area contributed by atoms with Gasteiger partial charge in [-0.05, 0) is 42.3 Å². The summed E-state index contributed by atoms with van der Waals surface area (Å²) in [6.07, 6.45) is 1.34. The Morgan fingerprint density at radius 2 is 1.88 bits per heavy atom. The summed E-state index contributed by atoms with van der Waals surface area (Å²) in [5, 5.41) is 2.86. The Labute approximate surface area is 152 Å². The molecule has 0 bridgehead atoms. The molecule has 26 heavy (non-hydrogen) atoms. The van der Waals surface area contributed by atoms with Gasteiger partial charge in [0.25, 0.3) is 0 Å². The minimum atomic E-state index is -0.203. The molecule has 2 aromatic carbocycles. The maximum atomic E-state index is 12.2. The number of nitrogens with one attached hydrogen (secondary N) is 1. The zero-order chi connectivity index (χ0) is 18.5. The molecule has 6 heteroatoms. The van der Waals surface area contributed by atoms with Crippen LogP contribution in [-0.4, -0.2) is 44.0 Å². The summed E-state index contributed by atoms with van der Waals surface area (Å²) in [7, 11) is 3.23. The van der Waals surface area contributed by atoms with E-state index in [1.165, 1.54) is 0 Å². The van der Waals surface area contributed by atoms with Crippen molar-refractivity contribution in [3.8, 4) is 22.6 Å². The molecule has 3 rings (SSSR count). The molecule has 1 aliphatic heterocycles. The average Bonchev–Trinajstić information content (AvgIpc) is 3.06. The smallest absolute Gasteiger partial charge is 0.243 e. The Kier molecular flexibility index (Phi) is 5.41. The fourth-order valence-corrected chi connectivity index (χ4v) is 3.03. The second-order valence-electron chi connectivity index (χ2n) is 6.11. The minimum Gasteiger partial charge on any atom is -0.497 e. The van der Waals surface area contributed by atoms with Crippen LogP contribution in [0.15, 0.2) is 42.5 Å². The predicted molar refractivity (Wildman–Crippen MR) is 99.4 cm³/mol. The number of rotatable bonds is 6. The molecule has 0 unspecified atom stereocenters. The average molecular weight is 354 g/mol. The third-order valence-electron chi connectivity index (χ3n) is 4.39. The van der Waals surface area contributed by atoms with Gasteiger partial charge in [-0.3, -0.25) is 9.59 Å². The van der Waals surface area contributed by atoms with Crippen molar-refractivity contribution >= 4 is 17.5 Å². The SMILES string of the molecule is COc1ccc(-c2cc(NC(=O)CN3CCCC3=O)ccc2OC)cc1. The molecule has 0 atom stereocenters. The lowest BCUT2D eigenvalue weighted by molar-refractivity contribution is -0.131. The van der Waals surface area contributed by atoms with E-state index in [1.807, 2.05) is 36.4 Å². The van der Waals surface area contributed by atoms with Gasteiger partial charge in [-0.2, -0.15) is 0 Å². The van der Waals surface area contributed by atoms with Crippen LogP contribution in [0.3, 0.4) is 0 Å². The van der Waals surface area contributed by atoms with Crippen molar-refractivity contribution in [3.63, 3.8) is 0 Å². The fraction of sp³-hybridized carbons (Fsp3) is 0.300. The van der Waals surface area contributed by atoms with Gasteiger partial charge in [0.2, 0.25) is 11.8 Å². The zero-order valence-corrected chi connectivity index (χ0v) is 15.0. The van der Waals surface area contributed by atoms with E-state index >= 15 is 0 Å². The number of benzene rings is 2. The number of hydrogen-bond donors (Lipinski definition) is 1. The van der Waals surface area contributed by atoms with Gasteiger partial charge in [-0.25, -0.2) is 0 Å². The van der Waals surface area contributed by atoms with Crippen molar-refractivity contribution < 1.29 is 19.1 Å². The lowest BCUT2D eigenvalue weighted by Crippen LogP contribution is -2.33. The molecule has 1 saturated heterocycles. The van der Waals surface area contributed by atoms with Crippen LogP contribution in [0.25, 0.3) is 11.1 Å². The lowest BCUT2D eigenvalue weighted by atomic mass is 10.0. The molecule has 1 N–H and O–H groups in total. The highest BCUT2D eigenvalue weighted by atomic mass is 16.5. The van der Waals surface area contributed by atoms with Crippen LogP contribution in [0.4, 0.5) is 5.69 Å². The Balaban J connectivity index is 1.78. The number of hydrogen-bond acceptors (Lipinski definition) is 4. The minimum absolute atomic E-state index is 0.0359. The van der Waals surface area contributed by atoms with E-state index in [-0.39, 0.29) is 18.4 Å². The van der Waals surface area contributed by atoms with Gasteiger partial charge in [-0.1, -0.05) is 12.1 Å². The molecular weight excluding hydrogens is 332 g/mol. The molecule has 2 aromatic rings. The van der Waals surface area contributed by atoms with Crippen LogP contribution in [0, 0.1) is 0 Å². The van der Waals surface area contributed by atoms with Crippen LogP contribution in [0.5, 0.6) is 11.5 Å². The van der Waals surface area contributed by atoms with Crippen molar-refractivity contribution in [2.75, 3.05) is 32.6 Å². The summed E-state index contributed by atoms with van der Waals surface area (Å²) in [6, 6.07) is 13.1.